The van der Waals surface area contributed by atoms with Gasteiger partial charge in [0.1, 0.15) is 12.0 Å². The summed E-state index contributed by atoms with van der Waals surface area (Å²) < 4.78 is 0.855. The van der Waals surface area contributed by atoms with Gasteiger partial charge in [-0.25, -0.2) is 0 Å². The average molecular weight is 416 g/mol. The number of carbonyl (C=O) groups excluding carboxylic acids is 3. The van der Waals surface area contributed by atoms with Gasteiger partial charge < -0.3 is 16.0 Å². The molecular formula is C19H18BrN3O3. The molecule has 1 aliphatic rings. The number of halogens is 1. The molecule has 0 spiro atoms. The molecule has 3 N–H and O–H groups in total. The lowest BCUT2D eigenvalue weighted by Gasteiger charge is -2.19. The van der Waals surface area contributed by atoms with Crippen LogP contribution in [-0.4, -0.2) is 24.3 Å². The molecule has 2 atom stereocenters. The standard InChI is InChI=1S/C19H18BrN3O3/c20-13-7-4-8-14(11-13)23-10-9-15(19(23)26)18(25)22-16(17(21)24)12-5-2-1-3-6-12/h1-8,11,15-16H,9-10H2,(H2,21,24)(H,22,25). The van der Waals surface area contributed by atoms with Crippen LogP contribution in [-0.2, 0) is 14.4 Å². The van der Waals surface area contributed by atoms with E-state index in [0.717, 1.165) is 10.2 Å². The van der Waals surface area contributed by atoms with Gasteiger partial charge in [0.15, 0.2) is 0 Å². The third-order valence-corrected chi connectivity index (χ3v) is 4.84. The molecule has 1 heterocycles. The van der Waals surface area contributed by atoms with E-state index in [0.29, 0.717) is 18.5 Å². The summed E-state index contributed by atoms with van der Waals surface area (Å²) in [4.78, 5) is 38.6. The van der Waals surface area contributed by atoms with Crippen LogP contribution in [0.5, 0.6) is 0 Å². The van der Waals surface area contributed by atoms with Crippen molar-refractivity contribution >= 4 is 39.3 Å². The Balaban J connectivity index is 1.74. The number of benzene rings is 2. The van der Waals surface area contributed by atoms with E-state index in [9.17, 15) is 14.4 Å². The maximum atomic E-state index is 12.7. The number of nitrogens with zero attached hydrogens (tertiary/aromatic N) is 1. The summed E-state index contributed by atoms with van der Waals surface area (Å²) in [7, 11) is 0. The number of nitrogens with two attached hydrogens (primary N) is 1. The number of amides is 3. The summed E-state index contributed by atoms with van der Waals surface area (Å²) in [6.45, 7) is 0.444. The number of anilines is 1. The van der Waals surface area contributed by atoms with Crippen LogP contribution in [0, 0.1) is 5.92 Å². The maximum Gasteiger partial charge on any atom is 0.244 e. The smallest absolute Gasteiger partial charge is 0.244 e. The molecule has 1 aliphatic heterocycles. The lowest BCUT2D eigenvalue weighted by molar-refractivity contribution is -0.134. The molecule has 0 radical (unpaired) electrons. The van der Waals surface area contributed by atoms with Crippen LogP contribution >= 0.6 is 15.9 Å². The molecule has 26 heavy (non-hydrogen) atoms. The first-order valence-corrected chi connectivity index (χ1v) is 8.98. The van der Waals surface area contributed by atoms with Crippen LogP contribution in [0.2, 0.25) is 0 Å². The minimum absolute atomic E-state index is 0.281. The lowest BCUT2D eigenvalue weighted by atomic mass is 10.0. The molecule has 2 aromatic rings. The second-order valence-electron chi connectivity index (χ2n) is 6.07. The van der Waals surface area contributed by atoms with E-state index in [2.05, 4.69) is 21.2 Å². The Morgan fingerprint density at radius 3 is 2.54 bits per heavy atom. The number of carbonyl (C=O) groups is 3. The minimum Gasteiger partial charge on any atom is -0.368 e. The SMILES string of the molecule is NC(=O)C(NC(=O)C1CCN(c2cccc(Br)c2)C1=O)c1ccccc1. The summed E-state index contributed by atoms with van der Waals surface area (Å²) >= 11 is 3.38. The highest BCUT2D eigenvalue weighted by Gasteiger charge is 2.38. The van der Waals surface area contributed by atoms with Crippen molar-refractivity contribution < 1.29 is 14.4 Å². The van der Waals surface area contributed by atoms with Crippen molar-refractivity contribution in [1.82, 2.24) is 5.32 Å². The first-order chi connectivity index (χ1) is 12.5. The van der Waals surface area contributed by atoms with Crippen LogP contribution in [0.25, 0.3) is 0 Å². The van der Waals surface area contributed by atoms with Gasteiger partial charge in [0.25, 0.3) is 0 Å². The van der Waals surface area contributed by atoms with Crippen LogP contribution < -0.4 is 16.0 Å². The molecule has 7 heteroatoms. The van der Waals surface area contributed by atoms with Gasteiger partial charge in [-0.05, 0) is 30.2 Å². The number of rotatable bonds is 5. The largest absolute Gasteiger partial charge is 0.368 e. The van der Waals surface area contributed by atoms with Crippen molar-refractivity contribution in [2.24, 2.45) is 11.7 Å². The third-order valence-electron chi connectivity index (χ3n) is 4.35. The molecule has 2 aromatic carbocycles. The van der Waals surface area contributed by atoms with E-state index >= 15 is 0 Å². The average Bonchev–Trinajstić information content (AvgIpc) is 3.01. The van der Waals surface area contributed by atoms with Gasteiger partial charge in [-0.2, -0.15) is 0 Å². The third kappa shape index (κ3) is 3.77. The Hall–Kier alpha value is -2.67. The number of hydrogen-bond acceptors (Lipinski definition) is 3. The molecular weight excluding hydrogens is 398 g/mol. The Morgan fingerprint density at radius 2 is 1.88 bits per heavy atom. The van der Waals surface area contributed by atoms with Gasteiger partial charge in [0.2, 0.25) is 17.7 Å². The monoisotopic (exact) mass is 415 g/mol. The fourth-order valence-electron chi connectivity index (χ4n) is 3.03. The van der Waals surface area contributed by atoms with Crippen LogP contribution in [0.4, 0.5) is 5.69 Å². The Morgan fingerprint density at radius 1 is 1.15 bits per heavy atom. The van der Waals surface area contributed by atoms with E-state index in [1.165, 1.54) is 0 Å². The zero-order chi connectivity index (χ0) is 18.7. The van der Waals surface area contributed by atoms with Crippen molar-refractivity contribution in [3.05, 3.63) is 64.6 Å². The highest BCUT2D eigenvalue weighted by Crippen LogP contribution is 2.28. The van der Waals surface area contributed by atoms with Gasteiger partial charge in [-0.3, -0.25) is 14.4 Å². The molecule has 134 valence electrons. The molecule has 3 amide bonds. The molecule has 0 bridgehead atoms. The Kier molecular flexibility index (Phi) is 5.37. The number of primary amides is 1. The van der Waals surface area contributed by atoms with Crippen molar-refractivity contribution in [3.8, 4) is 0 Å². The summed E-state index contributed by atoms with van der Waals surface area (Å²) in [5.74, 6) is -2.27. The van der Waals surface area contributed by atoms with Gasteiger partial charge in [-0.1, -0.05) is 52.3 Å². The van der Waals surface area contributed by atoms with Crippen LogP contribution in [0.1, 0.15) is 18.0 Å². The van der Waals surface area contributed by atoms with Crippen LogP contribution in [0.15, 0.2) is 59.1 Å². The zero-order valence-electron chi connectivity index (χ0n) is 13.9. The first-order valence-electron chi connectivity index (χ1n) is 8.19. The maximum absolute atomic E-state index is 12.7. The first kappa shape index (κ1) is 18.1. The molecule has 6 nitrogen and oxygen atoms in total. The second-order valence-corrected chi connectivity index (χ2v) is 6.98. The zero-order valence-corrected chi connectivity index (χ0v) is 15.5. The molecule has 0 saturated carbocycles. The fraction of sp³-hybridized carbons (Fsp3) is 0.211. The molecule has 0 aromatic heterocycles. The van der Waals surface area contributed by atoms with E-state index in [-0.39, 0.29) is 5.91 Å². The van der Waals surface area contributed by atoms with E-state index in [1.807, 2.05) is 24.3 Å². The molecule has 0 aliphatic carbocycles. The molecule has 2 unspecified atom stereocenters. The summed E-state index contributed by atoms with van der Waals surface area (Å²) in [5, 5.41) is 2.62. The molecule has 1 fully saturated rings. The van der Waals surface area contributed by atoms with Crippen molar-refractivity contribution in [2.75, 3.05) is 11.4 Å². The van der Waals surface area contributed by atoms with Gasteiger partial charge in [0, 0.05) is 16.7 Å². The van der Waals surface area contributed by atoms with Crippen molar-refractivity contribution in [3.63, 3.8) is 0 Å². The molecule has 1 saturated heterocycles. The second kappa shape index (κ2) is 7.70. The minimum atomic E-state index is -0.962. The predicted octanol–water partition coefficient (Wildman–Crippen LogP) is 2.14. The van der Waals surface area contributed by atoms with Gasteiger partial charge in [0.05, 0.1) is 0 Å². The number of hydrogen-bond donors (Lipinski definition) is 2. The van der Waals surface area contributed by atoms with Gasteiger partial charge >= 0.3 is 0 Å². The molecule has 3 rings (SSSR count). The predicted molar refractivity (Wildman–Crippen MR) is 101 cm³/mol. The van der Waals surface area contributed by atoms with E-state index < -0.39 is 23.8 Å². The van der Waals surface area contributed by atoms with E-state index in [4.69, 9.17) is 5.73 Å². The highest BCUT2D eigenvalue weighted by atomic mass is 79.9. The summed E-state index contributed by atoms with van der Waals surface area (Å²) in [6, 6.07) is 15.1. The highest BCUT2D eigenvalue weighted by molar-refractivity contribution is 9.10. The van der Waals surface area contributed by atoms with Crippen molar-refractivity contribution in [1.29, 1.82) is 0 Å². The summed E-state index contributed by atoms with van der Waals surface area (Å²) in [6.07, 6.45) is 0.386. The quantitative estimate of drug-likeness (QED) is 0.732. The van der Waals surface area contributed by atoms with E-state index in [1.54, 1.807) is 35.2 Å². The summed E-state index contributed by atoms with van der Waals surface area (Å²) in [5.41, 5.74) is 6.75. The number of nitrogens with one attached hydrogen (secondary N) is 1. The normalized spacial score (nSPS) is 17.8. The topological polar surface area (TPSA) is 92.5 Å². The Bertz CT molecular complexity index is 841. The van der Waals surface area contributed by atoms with Gasteiger partial charge in [-0.15, -0.1) is 0 Å². The Labute approximate surface area is 159 Å². The lowest BCUT2D eigenvalue weighted by Crippen LogP contribution is -2.42. The van der Waals surface area contributed by atoms with Crippen molar-refractivity contribution in [2.45, 2.75) is 12.5 Å². The van der Waals surface area contributed by atoms with Crippen LogP contribution in [0.3, 0.4) is 0 Å². The fourth-order valence-corrected chi connectivity index (χ4v) is 3.42.